The molecule has 1 aliphatic rings. The van der Waals surface area contributed by atoms with Crippen LogP contribution in [0.4, 0.5) is 11.4 Å². The van der Waals surface area contributed by atoms with Gasteiger partial charge in [-0.25, -0.2) is 0 Å². The van der Waals surface area contributed by atoms with Crippen LogP contribution in [-0.4, -0.2) is 12.1 Å². The molecule has 0 radical (unpaired) electrons. The Morgan fingerprint density at radius 2 is 1.31 bits per heavy atom. The first-order chi connectivity index (χ1) is 17.0. The monoisotopic (exact) mass is 460 g/mol. The summed E-state index contributed by atoms with van der Waals surface area (Å²) in [5.41, 5.74) is 7.26. The van der Waals surface area contributed by atoms with Crippen molar-refractivity contribution in [2.24, 2.45) is 0 Å². The van der Waals surface area contributed by atoms with E-state index in [1.807, 2.05) is 0 Å². The molecule has 1 N–H and O–H groups in total. The molecule has 0 saturated heterocycles. The SMILES string of the molecule is CCN1c2ccc(C(Nc3ccccc3)(c3ccccc3)c3ccccc3)cc2C(C)CC1(C)C. The third kappa shape index (κ3) is 4.12. The van der Waals surface area contributed by atoms with Crippen LogP contribution in [0.5, 0.6) is 0 Å². The van der Waals surface area contributed by atoms with E-state index in [0.717, 1.165) is 18.7 Å². The summed E-state index contributed by atoms with van der Waals surface area (Å²) in [6, 6.07) is 39.5. The van der Waals surface area contributed by atoms with Crippen LogP contribution in [0.25, 0.3) is 0 Å². The Bertz CT molecular complexity index is 1220. The highest BCUT2D eigenvalue weighted by Gasteiger charge is 2.40. The van der Waals surface area contributed by atoms with Gasteiger partial charge in [-0.2, -0.15) is 0 Å². The molecule has 0 fully saturated rings. The Balaban J connectivity index is 1.78. The number of rotatable bonds is 6. The van der Waals surface area contributed by atoms with E-state index < -0.39 is 5.54 Å². The van der Waals surface area contributed by atoms with E-state index >= 15 is 0 Å². The van der Waals surface area contributed by atoms with Gasteiger partial charge in [0.25, 0.3) is 0 Å². The summed E-state index contributed by atoms with van der Waals surface area (Å²) in [6.07, 6.45) is 1.15. The lowest BCUT2D eigenvalue weighted by Gasteiger charge is -2.48. The van der Waals surface area contributed by atoms with Crippen molar-refractivity contribution in [2.45, 2.75) is 51.1 Å². The summed E-state index contributed by atoms with van der Waals surface area (Å²) in [5.74, 6) is 0.490. The van der Waals surface area contributed by atoms with Crippen molar-refractivity contribution < 1.29 is 0 Å². The van der Waals surface area contributed by atoms with Crippen LogP contribution in [0.15, 0.2) is 109 Å². The van der Waals surface area contributed by atoms with Gasteiger partial charge in [-0.1, -0.05) is 97.9 Å². The third-order valence-electron chi connectivity index (χ3n) is 7.65. The van der Waals surface area contributed by atoms with E-state index in [0.29, 0.717) is 5.92 Å². The number of nitrogens with zero attached hydrogens (tertiary/aromatic N) is 1. The maximum Gasteiger partial charge on any atom is 0.114 e. The Labute approximate surface area is 210 Å². The standard InChI is InChI=1S/C33H36N2/c1-5-35-31-22-21-28(23-30(31)25(2)24-32(35,3)4)33(26-15-9-6-10-16-26,27-17-11-7-12-18-27)34-29-19-13-8-14-20-29/h6-23,25,34H,5,24H2,1-4H3. The lowest BCUT2D eigenvalue weighted by Crippen LogP contribution is -2.48. The molecule has 4 aromatic rings. The molecule has 4 aromatic carbocycles. The largest absolute Gasteiger partial charge is 0.368 e. The molecule has 2 nitrogen and oxygen atoms in total. The maximum atomic E-state index is 3.99. The zero-order chi connectivity index (χ0) is 24.5. The van der Waals surface area contributed by atoms with Gasteiger partial charge in [-0.15, -0.1) is 0 Å². The number of hydrogen-bond acceptors (Lipinski definition) is 2. The van der Waals surface area contributed by atoms with Gasteiger partial charge in [-0.3, -0.25) is 0 Å². The summed E-state index contributed by atoms with van der Waals surface area (Å²) < 4.78 is 0. The second kappa shape index (κ2) is 9.26. The average Bonchev–Trinajstić information content (AvgIpc) is 2.88. The first kappa shape index (κ1) is 23.2. The van der Waals surface area contributed by atoms with Crippen LogP contribution in [0.2, 0.25) is 0 Å². The predicted molar refractivity (Wildman–Crippen MR) is 149 cm³/mol. The van der Waals surface area contributed by atoms with E-state index in [9.17, 15) is 0 Å². The fourth-order valence-corrected chi connectivity index (χ4v) is 6.15. The molecule has 1 atom stereocenters. The lowest BCUT2D eigenvalue weighted by molar-refractivity contribution is 0.381. The average molecular weight is 461 g/mol. The van der Waals surface area contributed by atoms with Gasteiger partial charge in [-0.05, 0) is 73.6 Å². The molecule has 5 rings (SSSR count). The van der Waals surface area contributed by atoms with Gasteiger partial charge in [0.15, 0.2) is 0 Å². The Morgan fingerprint density at radius 1 is 0.771 bits per heavy atom. The third-order valence-corrected chi connectivity index (χ3v) is 7.65. The first-order valence-corrected chi connectivity index (χ1v) is 12.8. The fraction of sp³-hybridized carbons (Fsp3) is 0.273. The Morgan fingerprint density at radius 3 is 1.86 bits per heavy atom. The summed E-state index contributed by atoms with van der Waals surface area (Å²) in [4.78, 5) is 2.57. The van der Waals surface area contributed by atoms with Crippen molar-refractivity contribution in [1.29, 1.82) is 0 Å². The molecule has 0 spiro atoms. The molecule has 0 saturated carbocycles. The van der Waals surface area contributed by atoms with Gasteiger partial charge in [0.2, 0.25) is 0 Å². The highest BCUT2D eigenvalue weighted by Crippen LogP contribution is 2.47. The minimum absolute atomic E-state index is 0.154. The summed E-state index contributed by atoms with van der Waals surface area (Å²) in [7, 11) is 0. The normalized spacial score (nSPS) is 17.0. The Kier molecular flexibility index (Phi) is 6.15. The molecule has 1 heterocycles. The molecule has 1 aliphatic heterocycles. The second-order valence-corrected chi connectivity index (χ2v) is 10.4. The van der Waals surface area contributed by atoms with E-state index in [1.165, 1.54) is 27.9 Å². The van der Waals surface area contributed by atoms with Crippen LogP contribution in [-0.2, 0) is 5.54 Å². The van der Waals surface area contributed by atoms with E-state index in [1.54, 1.807) is 0 Å². The molecule has 1 unspecified atom stereocenters. The molecule has 0 aliphatic carbocycles. The topological polar surface area (TPSA) is 15.3 Å². The van der Waals surface area contributed by atoms with Crippen molar-refractivity contribution >= 4 is 11.4 Å². The van der Waals surface area contributed by atoms with Gasteiger partial charge in [0.05, 0.1) is 0 Å². The first-order valence-electron chi connectivity index (χ1n) is 12.8. The zero-order valence-electron chi connectivity index (χ0n) is 21.3. The molecule has 35 heavy (non-hydrogen) atoms. The van der Waals surface area contributed by atoms with Crippen LogP contribution in [0.1, 0.15) is 62.3 Å². The fourth-order valence-electron chi connectivity index (χ4n) is 6.15. The lowest BCUT2D eigenvalue weighted by atomic mass is 9.73. The smallest absolute Gasteiger partial charge is 0.114 e. The number of anilines is 2. The molecule has 2 heteroatoms. The van der Waals surface area contributed by atoms with Crippen molar-refractivity contribution in [2.75, 3.05) is 16.8 Å². The van der Waals surface area contributed by atoms with Gasteiger partial charge in [0, 0.05) is 23.5 Å². The van der Waals surface area contributed by atoms with Crippen LogP contribution < -0.4 is 10.2 Å². The highest BCUT2D eigenvalue weighted by molar-refractivity contribution is 5.66. The zero-order valence-corrected chi connectivity index (χ0v) is 21.3. The van der Waals surface area contributed by atoms with Crippen molar-refractivity contribution in [3.63, 3.8) is 0 Å². The van der Waals surface area contributed by atoms with E-state index in [2.05, 4.69) is 147 Å². The van der Waals surface area contributed by atoms with Gasteiger partial charge >= 0.3 is 0 Å². The van der Waals surface area contributed by atoms with Gasteiger partial charge in [0.1, 0.15) is 5.54 Å². The number of fused-ring (bicyclic) bond motifs is 1. The predicted octanol–water partition coefficient (Wildman–Crippen LogP) is 8.20. The van der Waals surface area contributed by atoms with Crippen molar-refractivity contribution in [1.82, 2.24) is 0 Å². The summed E-state index contributed by atoms with van der Waals surface area (Å²) in [6.45, 7) is 10.4. The molecule has 0 aromatic heterocycles. The number of benzene rings is 4. The minimum Gasteiger partial charge on any atom is -0.368 e. The Hall–Kier alpha value is -3.52. The number of hydrogen-bond donors (Lipinski definition) is 1. The number of nitrogens with one attached hydrogen (secondary N) is 1. The molecule has 0 bridgehead atoms. The van der Waals surface area contributed by atoms with E-state index in [-0.39, 0.29) is 5.54 Å². The molecule has 178 valence electrons. The maximum absolute atomic E-state index is 3.99. The highest BCUT2D eigenvalue weighted by atomic mass is 15.2. The van der Waals surface area contributed by atoms with Gasteiger partial charge < -0.3 is 10.2 Å². The minimum atomic E-state index is -0.525. The van der Waals surface area contributed by atoms with Crippen LogP contribution >= 0.6 is 0 Å². The quantitative estimate of drug-likeness (QED) is 0.292. The molecule has 0 amide bonds. The number of para-hydroxylation sites is 1. The second-order valence-electron chi connectivity index (χ2n) is 10.4. The van der Waals surface area contributed by atoms with Crippen LogP contribution in [0.3, 0.4) is 0 Å². The van der Waals surface area contributed by atoms with E-state index in [4.69, 9.17) is 0 Å². The summed E-state index contributed by atoms with van der Waals surface area (Å²) >= 11 is 0. The van der Waals surface area contributed by atoms with Crippen molar-refractivity contribution in [3.05, 3.63) is 131 Å². The van der Waals surface area contributed by atoms with Crippen LogP contribution in [0, 0.1) is 0 Å². The van der Waals surface area contributed by atoms with Crippen molar-refractivity contribution in [3.8, 4) is 0 Å². The molecular weight excluding hydrogens is 424 g/mol. The summed E-state index contributed by atoms with van der Waals surface area (Å²) in [5, 5.41) is 3.99. The molecular formula is C33H36N2.